The van der Waals surface area contributed by atoms with Gasteiger partial charge in [0.15, 0.2) is 0 Å². The molecule has 0 aliphatic carbocycles. The van der Waals surface area contributed by atoms with Crippen LogP contribution in [-0.4, -0.2) is 12.3 Å². The van der Waals surface area contributed by atoms with Crippen molar-refractivity contribution in [3.05, 3.63) is 59.7 Å². The Morgan fingerprint density at radius 1 is 1.05 bits per heavy atom. The lowest BCUT2D eigenvalue weighted by Crippen LogP contribution is -2.17. The number of alkyl halides is 3. The third kappa shape index (κ3) is 4.51. The number of halogens is 3. The fraction of sp³-hybridized carbons (Fsp3) is 0.188. The molecule has 0 atom stereocenters. The Kier molecular flexibility index (Phi) is 4.70. The van der Waals surface area contributed by atoms with Gasteiger partial charge in [-0.2, -0.15) is 0 Å². The van der Waals surface area contributed by atoms with E-state index < -0.39 is 12.3 Å². The Hall–Kier alpha value is -2.50. The van der Waals surface area contributed by atoms with Gasteiger partial charge in [-0.1, -0.05) is 19.1 Å². The molecular formula is C16H14F3NO2. The summed E-state index contributed by atoms with van der Waals surface area (Å²) < 4.78 is 39.9. The summed E-state index contributed by atoms with van der Waals surface area (Å²) in [4.78, 5) is 12.0. The largest absolute Gasteiger partial charge is 0.573 e. The zero-order valence-electron chi connectivity index (χ0n) is 11.8. The molecule has 2 aromatic rings. The summed E-state index contributed by atoms with van der Waals surface area (Å²) in [5.74, 6) is -0.765. The molecule has 0 fully saturated rings. The number of amides is 1. The lowest BCUT2D eigenvalue weighted by Gasteiger charge is -2.09. The average molecular weight is 309 g/mol. The number of hydrogen-bond donors (Lipinski definition) is 1. The zero-order valence-corrected chi connectivity index (χ0v) is 11.8. The lowest BCUT2D eigenvalue weighted by atomic mass is 10.1. The first-order chi connectivity index (χ1) is 10.4. The van der Waals surface area contributed by atoms with Crippen LogP contribution in [0.2, 0.25) is 0 Å². The fourth-order valence-corrected chi connectivity index (χ4v) is 1.84. The summed E-state index contributed by atoms with van der Waals surface area (Å²) in [6.07, 6.45) is -3.85. The predicted octanol–water partition coefficient (Wildman–Crippen LogP) is 4.40. The summed E-state index contributed by atoms with van der Waals surface area (Å²) in [6, 6.07) is 12.1. The van der Waals surface area contributed by atoms with Crippen LogP contribution in [0.4, 0.5) is 18.9 Å². The van der Waals surface area contributed by atoms with Gasteiger partial charge in [0, 0.05) is 11.3 Å². The van der Waals surface area contributed by atoms with E-state index in [1.807, 2.05) is 19.1 Å². The molecule has 0 aliphatic rings. The number of hydrogen-bond acceptors (Lipinski definition) is 2. The maximum atomic E-state index is 12.0. The van der Waals surface area contributed by atoms with E-state index in [0.717, 1.165) is 24.1 Å². The third-order valence-electron chi connectivity index (χ3n) is 2.97. The van der Waals surface area contributed by atoms with Gasteiger partial charge in [0.2, 0.25) is 0 Å². The Morgan fingerprint density at radius 2 is 1.64 bits per heavy atom. The molecular weight excluding hydrogens is 295 g/mol. The van der Waals surface area contributed by atoms with Gasteiger partial charge in [-0.15, -0.1) is 13.2 Å². The predicted molar refractivity (Wildman–Crippen MR) is 76.9 cm³/mol. The van der Waals surface area contributed by atoms with Crippen LogP contribution in [0, 0.1) is 0 Å². The number of carbonyl (C=O) groups excluding carboxylic acids is 1. The van der Waals surface area contributed by atoms with Crippen molar-refractivity contribution in [2.45, 2.75) is 19.7 Å². The highest BCUT2D eigenvalue weighted by atomic mass is 19.4. The quantitative estimate of drug-likeness (QED) is 0.909. The minimum atomic E-state index is -4.75. The van der Waals surface area contributed by atoms with E-state index >= 15 is 0 Å². The topological polar surface area (TPSA) is 38.3 Å². The number of nitrogens with one attached hydrogen (secondary N) is 1. The van der Waals surface area contributed by atoms with E-state index in [0.29, 0.717) is 5.69 Å². The molecule has 0 bridgehead atoms. The van der Waals surface area contributed by atoms with Crippen LogP contribution < -0.4 is 10.1 Å². The van der Waals surface area contributed by atoms with Crippen molar-refractivity contribution in [3.8, 4) is 5.75 Å². The van der Waals surface area contributed by atoms with Crippen molar-refractivity contribution in [3.63, 3.8) is 0 Å². The van der Waals surface area contributed by atoms with E-state index in [1.54, 1.807) is 12.1 Å². The minimum Gasteiger partial charge on any atom is -0.406 e. The highest BCUT2D eigenvalue weighted by molar-refractivity contribution is 6.04. The Bertz CT molecular complexity index is 634. The first-order valence-electron chi connectivity index (χ1n) is 6.63. The molecule has 2 rings (SSSR count). The number of benzene rings is 2. The maximum Gasteiger partial charge on any atom is 0.573 e. The van der Waals surface area contributed by atoms with E-state index in [4.69, 9.17) is 0 Å². The standard InChI is InChI=1S/C16H14F3NO2/c1-2-11-3-7-13(8-4-11)20-15(21)12-5-9-14(10-6-12)22-16(17,18)19/h3-10H,2H2,1H3,(H,20,21). The van der Waals surface area contributed by atoms with Crippen LogP contribution >= 0.6 is 0 Å². The molecule has 22 heavy (non-hydrogen) atoms. The van der Waals surface area contributed by atoms with Crippen LogP contribution in [0.15, 0.2) is 48.5 Å². The monoisotopic (exact) mass is 309 g/mol. The second-order valence-electron chi connectivity index (χ2n) is 4.58. The van der Waals surface area contributed by atoms with Crippen molar-refractivity contribution in [2.75, 3.05) is 5.32 Å². The van der Waals surface area contributed by atoms with Gasteiger partial charge in [0.25, 0.3) is 5.91 Å². The summed E-state index contributed by atoms with van der Waals surface area (Å²) in [6.45, 7) is 2.03. The van der Waals surface area contributed by atoms with Crippen LogP contribution in [0.3, 0.4) is 0 Å². The molecule has 0 heterocycles. The molecule has 2 aromatic carbocycles. The minimum absolute atomic E-state index is 0.245. The van der Waals surface area contributed by atoms with Crippen LogP contribution in [0.5, 0.6) is 5.75 Å². The number of aryl methyl sites for hydroxylation is 1. The Balaban J connectivity index is 2.03. The maximum absolute atomic E-state index is 12.0. The molecule has 1 amide bonds. The van der Waals surface area contributed by atoms with Gasteiger partial charge in [-0.3, -0.25) is 4.79 Å². The van der Waals surface area contributed by atoms with Gasteiger partial charge >= 0.3 is 6.36 Å². The molecule has 116 valence electrons. The van der Waals surface area contributed by atoms with Gasteiger partial charge in [-0.05, 0) is 48.4 Å². The van der Waals surface area contributed by atoms with Gasteiger partial charge < -0.3 is 10.1 Å². The molecule has 0 saturated carbocycles. The number of carbonyl (C=O) groups is 1. The smallest absolute Gasteiger partial charge is 0.406 e. The van der Waals surface area contributed by atoms with Crippen LogP contribution in [0.25, 0.3) is 0 Å². The number of rotatable bonds is 4. The third-order valence-corrected chi connectivity index (χ3v) is 2.97. The Labute approximate surface area is 125 Å². The van der Waals surface area contributed by atoms with E-state index in [1.165, 1.54) is 12.1 Å². The van der Waals surface area contributed by atoms with E-state index in [-0.39, 0.29) is 11.3 Å². The number of anilines is 1. The summed E-state index contributed by atoms with van der Waals surface area (Å²) in [7, 11) is 0. The molecule has 0 unspecified atom stereocenters. The summed E-state index contributed by atoms with van der Waals surface area (Å²) in [5, 5.41) is 2.68. The number of ether oxygens (including phenoxy) is 1. The first-order valence-corrected chi connectivity index (χ1v) is 6.63. The summed E-state index contributed by atoms with van der Waals surface area (Å²) in [5.41, 5.74) is 2.01. The SMILES string of the molecule is CCc1ccc(NC(=O)c2ccc(OC(F)(F)F)cc2)cc1. The zero-order chi connectivity index (χ0) is 16.2. The van der Waals surface area contributed by atoms with Crippen molar-refractivity contribution >= 4 is 11.6 Å². The first kappa shape index (κ1) is 15.9. The highest BCUT2D eigenvalue weighted by Gasteiger charge is 2.31. The van der Waals surface area contributed by atoms with Crippen molar-refractivity contribution in [1.29, 1.82) is 0 Å². The second kappa shape index (κ2) is 6.51. The molecule has 0 saturated heterocycles. The molecule has 3 nitrogen and oxygen atoms in total. The van der Waals surface area contributed by atoms with Crippen LogP contribution in [-0.2, 0) is 6.42 Å². The molecule has 0 radical (unpaired) electrons. The fourth-order valence-electron chi connectivity index (χ4n) is 1.84. The molecule has 6 heteroatoms. The van der Waals surface area contributed by atoms with Gasteiger partial charge in [-0.25, -0.2) is 0 Å². The van der Waals surface area contributed by atoms with Crippen molar-refractivity contribution in [1.82, 2.24) is 0 Å². The van der Waals surface area contributed by atoms with Gasteiger partial charge in [0.05, 0.1) is 0 Å². The molecule has 0 aliphatic heterocycles. The van der Waals surface area contributed by atoms with E-state index in [2.05, 4.69) is 10.1 Å². The summed E-state index contributed by atoms with van der Waals surface area (Å²) >= 11 is 0. The highest BCUT2D eigenvalue weighted by Crippen LogP contribution is 2.23. The van der Waals surface area contributed by atoms with Crippen molar-refractivity contribution < 1.29 is 22.7 Å². The lowest BCUT2D eigenvalue weighted by molar-refractivity contribution is -0.274. The Morgan fingerprint density at radius 3 is 2.14 bits per heavy atom. The van der Waals surface area contributed by atoms with Gasteiger partial charge in [0.1, 0.15) is 5.75 Å². The normalized spacial score (nSPS) is 11.1. The molecule has 0 aromatic heterocycles. The molecule has 1 N–H and O–H groups in total. The van der Waals surface area contributed by atoms with Crippen molar-refractivity contribution in [2.24, 2.45) is 0 Å². The average Bonchev–Trinajstić information content (AvgIpc) is 2.47. The van der Waals surface area contributed by atoms with Crippen LogP contribution in [0.1, 0.15) is 22.8 Å². The van der Waals surface area contributed by atoms with E-state index in [9.17, 15) is 18.0 Å². The molecule has 0 spiro atoms. The second-order valence-corrected chi connectivity index (χ2v) is 4.58.